The van der Waals surface area contributed by atoms with E-state index in [9.17, 15) is 29.4 Å². The number of phenols is 1. The number of benzene rings is 1. The van der Waals surface area contributed by atoms with Gasteiger partial charge >= 0.3 is 5.97 Å². The normalized spacial score (nSPS) is 14.3. The standard InChI is InChI=1S/C26H44N6O6/c1-16(2)22(26(37)38)32-24(35)20(8-4-6-14-28)30-25(36)21(15-17-9-11-18(33)12-10-17)31-23(34)19(29)7-3-5-13-27/h9-12,16,19-22,33H,3-8,13-15,27-29H2,1-2H3,(H,30,36)(H,31,34)(H,32,35)(H,37,38). The number of aromatic hydroxyl groups is 1. The van der Waals surface area contributed by atoms with E-state index in [4.69, 9.17) is 17.2 Å². The molecule has 0 bridgehead atoms. The molecule has 4 unspecified atom stereocenters. The van der Waals surface area contributed by atoms with Crippen molar-refractivity contribution in [2.75, 3.05) is 13.1 Å². The van der Waals surface area contributed by atoms with Crippen molar-refractivity contribution >= 4 is 23.7 Å². The third-order valence-corrected chi connectivity index (χ3v) is 6.13. The second kappa shape index (κ2) is 17.3. The van der Waals surface area contributed by atoms with E-state index in [2.05, 4.69) is 16.0 Å². The van der Waals surface area contributed by atoms with Gasteiger partial charge in [0.15, 0.2) is 0 Å². The molecule has 0 saturated carbocycles. The molecular formula is C26H44N6O6. The van der Waals surface area contributed by atoms with Gasteiger partial charge in [0, 0.05) is 6.42 Å². The number of carbonyl (C=O) groups is 4. The fourth-order valence-corrected chi connectivity index (χ4v) is 3.80. The summed E-state index contributed by atoms with van der Waals surface area (Å²) in [5.41, 5.74) is 17.7. The van der Waals surface area contributed by atoms with Crippen molar-refractivity contribution in [3.63, 3.8) is 0 Å². The van der Waals surface area contributed by atoms with Crippen LogP contribution >= 0.6 is 0 Å². The first-order chi connectivity index (χ1) is 18.0. The second-order valence-electron chi connectivity index (χ2n) is 9.74. The molecule has 214 valence electrons. The number of carboxylic acid groups (broad SMARTS) is 1. The van der Waals surface area contributed by atoms with Gasteiger partial charge in [0.05, 0.1) is 6.04 Å². The molecule has 38 heavy (non-hydrogen) atoms. The molecule has 0 spiro atoms. The van der Waals surface area contributed by atoms with Crippen LogP contribution in [-0.4, -0.2) is 71.2 Å². The molecule has 0 aliphatic rings. The number of hydrogen-bond donors (Lipinski definition) is 8. The minimum Gasteiger partial charge on any atom is -0.508 e. The summed E-state index contributed by atoms with van der Waals surface area (Å²) in [6, 6.07) is 2.09. The number of nitrogens with two attached hydrogens (primary N) is 3. The maximum Gasteiger partial charge on any atom is 0.326 e. The predicted molar refractivity (Wildman–Crippen MR) is 144 cm³/mol. The molecule has 0 saturated heterocycles. The van der Waals surface area contributed by atoms with Crippen LogP contribution < -0.4 is 33.2 Å². The van der Waals surface area contributed by atoms with Crippen molar-refractivity contribution in [1.29, 1.82) is 0 Å². The molecule has 0 radical (unpaired) electrons. The van der Waals surface area contributed by atoms with Gasteiger partial charge in [-0.1, -0.05) is 32.4 Å². The van der Waals surface area contributed by atoms with E-state index in [1.165, 1.54) is 12.1 Å². The Bertz CT molecular complexity index is 895. The van der Waals surface area contributed by atoms with Crippen LogP contribution in [0, 0.1) is 5.92 Å². The van der Waals surface area contributed by atoms with Crippen molar-refractivity contribution in [3.05, 3.63) is 29.8 Å². The monoisotopic (exact) mass is 536 g/mol. The van der Waals surface area contributed by atoms with Crippen LogP contribution in [0.5, 0.6) is 5.75 Å². The maximum atomic E-state index is 13.4. The Labute approximate surface area is 224 Å². The van der Waals surface area contributed by atoms with E-state index in [-0.39, 0.29) is 24.5 Å². The van der Waals surface area contributed by atoms with Crippen LogP contribution in [0.2, 0.25) is 0 Å². The maximum absolute atomic E-state index is 13.4. The van der Waals surface area contributed by atoms with Gasteiger partial charge < -0.3 is 43.4 Å². The first-order valence-corrected chi connectivity index (χ1v) is 13.1. The van der Waals surface area contributed by atoms with Crippen molar-refractivity contribution in [2.45, 2.75) is 83.0 Å². The number of phenolic OH excluding ortho intramolecular Hbond substituents is 1. The summed E-state index contributed by atoms with van der Waals surface area (Å²) in [6.07, 6.45) is 3.21. The highest BCUT2D eigenvalue weighted by atomic mass is 16.4. The molecule has 1 rings (SSSR count). The van der Waals surface area contributed by atoms with Crippen LogP contribution in [0.25, 0.3) is 0 Å². The minimum absolute atomic E-state index is 0.0514. The van der Waals surface area contributed by atoms with Crippen molar-refractivity contribution in [2.24, 2.45) is 23.1 Å². The van der Waals surface area contributed by atoms with Gasteiger partial charge in [-0.2, -0.15) is 0 Å². The Morgan fingerprint density at radius 3 is 1.84 bits per heavy atom. The van der Waals surface area contributed by atoms with Crippen molar-refractivity contribution < 1.29 is 29.4 Å². The number of hydrogen-bond acceptors (Lipinski definition) is 8. The molecule has 0 fully saturated rings. The molecule has 12 nitrogen and oxygen atoms in total. The number of aliphatic carboxylic acids is 1. The van der Waals surface area contributed by atoms with Crippen LogP contribution in [0.4, 0.5) is 0 Å². The lowest BCUT2D eigenvalue weighted by Crippen LogP contribution is -2.58. The Morgan fingerprint density at radius 1 is 0.789 bits per heavy atom. The number of amides is 3. The van der Waals surface area contributed by atoms with Gasteiger partial charge in [0.25, 0.3) is 0 Å². The smallest absolute Gasteiger partial charge is 0.326 e. The molecular weight excluding hydrogens is 492 g/mol. The zero-order chi connectivity index (χ0) is 28.7. The molecule has 3 amide bonds. The number of nitrogens with one attached hydrogen (secondary N) is 3. The highest BCUT2D eigenvalue weighted by Crippen LogP contribution is 2.13. The van der Waals surface area contributed by atoms with E-state index in [1.54, 1.807) is 26.0 Å². The fraction of sp³-hybridized carbons (Fsp3) is 0.615. The van der Waals surface area contributed by atoms with E-state index < -0.39 is 47.9 Å². The Balaban J connectivity index is 3.10. The number of carbonyl (C=O) groups excluding carboxylic acids is 3. The average Bonchev–Trinajstić information content (AvgIpc) is 2.86. The summed E-state index contributed by atoms with van der Waals surface area (Å²) in [6.45, 7) is 4.21. The molecule has 11 N–H and O–H groups in total. The van der Waals surface area contributed by atoms with Crippen LogP contribution in [0.3, 0.4) is 0 Å². The highest BCUT2D eigenvalue weighted by molar-refractivity contribution is 5.94. The quantitative estimate of drug-likeness (QED) is 0.115. The van der Waals surface area contributed by atoms with Gasteiger partial charge in [-0.3, -0.25) is 14.4 Å². The SMILES string of the molecule is CC(C)C(NC(=O)C(CCCCN)NC(=O)C(Cc1ccc(O)cc1)NC(=O)C(N)CCCCN)C(=O)O. The third-order valence-electron chi connectivity index (χ3n) is 6.13. The van der Waals surface area contributed by atoms with Crippen LogP contribution in [0.1, 0.15) is 57.9 Å². The van der Waals surface area contributed by atoms with E-state index in [1.807, 2.05) is 0 Å². The zero-order valence-corrected chi connectivity index (χ0v) is 22.3. The lowest BCUT2D eigenvalue weighted by Gasteiger charge is -2.26. The highest BCUT2D eigenvalue weighted by Gasteiger charge is 2.31. The van der Waals surface area contributed by atoms with Crippen molar-refractivity contribution in [3.8, 4) is 5.75 Å². The molecule has 0 aliphatic heterocycles. The number of rotatable bonds is 18. The summed E-state index contributed by atoms with van der Waals surface area (Å²) in [4.78, 5) is 50.8. The number of unbranched alkanes of at least 4 members (excludes halogenated alkanes) is 2. The molecule has 1 aromatic rings. The Kier molecular flexibility index (Phi) is 15.0. The molecule has 12 heteroatoms. The summed E-state index contributed by atoms with van der Waals surface area (Å²) in [7, 11) is 0. The summed E-state index contributed by atoms with van der Waals surface area (Å²) < 4.78 is 0. The van der Waals surface area contributed by atoms with E-state index in [0.717, 1.165) is 0 Å². The summed E-state index contributed by atoms with van der Waals surface area (Å²) in [5, 5.41) is 26.9. The molecule has 4 atom stereocenters. The predicted octanol–water partition coefficient (Wildman–Crippen LogP) is -0.285. The van der Waals surface area contributed by atoms with Gasteiger partial charge in [0.2, 0.25) is 17.7 Å². The first-order valence-electron chi connectivity index (χ1n) is 13.1. The van der Waals surface area contributed by atoms with Crippen LogP contribution in [-0.2, 0) is 25.6 Å². The number of carboxylic acids is 1. The lowest BCUT2D eigenvalue weighted by molar-refractivity contribution is -0.143. The molecule has 0 aromatic heterocycles. The lowest BCUT2D eigenvalue weighted by atomic mass is 10.0. The molecule has 1 aromatic carbocycles. The Morgan fingerprint density at radius 2 is 1.32 bits per heavy atom. The van der Waals surface area contributed by atoms with E-state index in [0.29, 0.717) is 50.8 Å². The summed E-state index contributed by atoms with van der Waals surface area (Å²) in [5.74, 6) is -3.28. The topological polar surface area (TPSA) is 223 Å². The third kappa shape index (κ3) is 11.9. The molecule has 0 aliphatic carbocycles. The summed E-state index contributed by atoms with van der Waals surface area (Å²) >= 11 is 0. The average molecular weight is 537 g/mol. The van der Waals surface area contributed by atoms with E-state index >= 15 is 0 Å². The largest absolute Gasteiger partial charge is 0.508 e. The van der Waals surface area contributed by atoms with Gasteiger partial charge in [-0.05, 0) is 68.8 Å². The fourth-order valence-electron chi connectivity index (χ4n) is 3.80. The first kappa shape index (κ1) is 32.8. The minimum atomic E-state index is -1.18. The molecule has 0 heterocycles. The zero-order valence-electron chi connectivity index (χ0n) is 22.3. The van der Waals surface area contributed by atoms with Gasteiger partial charge in [-0.25, -0.2) is 4.79 Å². The van der Waals surface area contributed by atoms with Crippen LogP contribution in [0.15, 0.2) is 24.3 Å². The van der Waals surface area contributed by atoms with Gasteiger partial charge in [-0.15, -0.1) is 0 Å². The van der Waals surface area contributed by atoms with Crippen molar-refractivity contribution in [1.82, 2.24) is 16.0 Å². The van der Waals surface area contributed by atoms with Gasteiger partial charge in [0.1, 0.15) is 23.9 Å². The second-order valence-corrected chi connectivity index (χ2v) is 9.74. The Hall–Kier alpha value is -3.22.